The van der Waals surface area contributed by atoms with Gasteiger partial charge in [0.1, 0.15) is 0 Å². The molecule has 0 aromatic heterocycles. The molecule has 1 heterocycles. The van der Waals surface area contributed by atoms with Gasteiger partial charge in [0.15, 0.2) is 0 Å². The Morgan fingerprint density at radius 1 is 1.32 bits per heavy atom. The zero-order valence-corrected chi connectivity index (χ0v) is 11.6. The quantitative estimate of drug-likeness (QED) is 0.620. The first-order valence-corrected chi connectivity index (χ1v) is 6.81. The lowest BCUT2D eigenvalue weighted by Crippen LogP contribution is -2.45. The fourth-order valence-electron chi connectivity index (χ4n) is 2.15. The summed E-state index contributed by atoms with van der Waals surface area (Å²) >= 11 is 0. The summed E-state index contributed by atoms with van der Waals surface area (Å²) in [6, 6.07) is 0. The molecule has 0 aliphatic carbocycles. The maximum absolute atomic E-state index is 11.8. The highest BCUT2D eigenvalue weighted by Gasteiger charge is 2.28. The number of hydrogen-bond acceptors (Lipinski definition) is 4. The van der Waals surface area contributed by atoms with Gasteiger partial charge >= 0.3 is 0 Å². The standard InChI is InChI=1S/C13H24N2O4/c1-9(2)13(19)15-5-3-10(4-6-15)12(18)14-7-11(17)8-16/h9-11,16-17H,3-8H2,1-2H3,(H,14,18). The number of hydrogen-bond donors (Lipinski definition) is 3. The number of nitrogens with one attached hydrogen (secondary N) is 1. The molecule has 0 aromatic rings. The van der Waals surface area contributed by atoms with E-state index in [1.807, 2.05) is 13.8 Å². The van der Waals surface area contributed by atoms with Crippen molar-refractivity contribution in [3.05, 3.63) is 0 Å². The first-order chi connectivity index (χ1) is 8.95. The largest absolute Gasteiger partial charge is 0.394 e. The average molecular weight is 272 g/mol. The summed E-state index contributed by atoms with van der Waals surface area (Å²) in [6.07, 6.45) is 0.394. The molecule has 0 bridgehead atoms. The van der Waals surface area contributed by atoms with Gasteiger partial charge in [0, 0.05) is 31.5 Å². The normalized spacial score (nSPS) is 18.5. The van der Waals surface area contributed by atoms with Crippen LogP contribution in [0.4, 0.5) is 0 Å². The lowest BCUT2D eigenvalue weighted by Gasteiger charge is -2.32. The monoisotopic (exact) mass is 272 g/mol. The van der Waals surface area contributed by atoms with E-state index in [2.05, 4.69) is 5.32 Å². The van der Waals surface area contributed by atoms with Crippen LogP contribution in [0.1, 0.15) is 26.7 Å². The molecule has 1 atom stereocenters. The number of aliphatic hydroxyl groups excluding tert-OH is 2. The van der Waals surface area contributed by atoms with Gasteiger partial charge in [-0.15, -0.1) is 0 Å². The lowest BCUT2D eigenvalue weighted by atomic mass is 9.95. The van der Waals surface area contributed by atoms with Crippen molar-refractivity contribution in [3.63, 3.8) is 0 Å². The number of amides is 2. The third-order valence-electron chi connectivity index (χ3n) is 3.39. The van der Waals surface area contributed by atoms with E-state index >= 15 is 0 Å². The molecule has 1 aliphatic heterocycles. The minimum atomic E-state index is -0.911. The van der Waals surface area contributed by atoms with Crippen molar-refractivity contribution in [2.75, 3.05) is 26.2 Å². The molecule has 1 saturated heterocycles. The van der Waals surface area contributed by atoms with Gasteiger partial charge in [-0.25, -0.2) is 0 Å². The minimum absolute atomic E-state index is 0.00919. The summed E-state index contributed by atoms with van der Waals surface area (Å²) in [5, 5.41) is 20.4. The molecule has 0 spiro atoms. The summed E-state index contributed by atoms with van der Waals surface area (Å²) in [5.74, 6) is -0.0918. The molecule has 1 aliphatic rings. The van der Waals surface area contributed by atoms with Crippen molar-refractivity contribution in [1.29, 1.82) is 0 Å². The molecule has 1 fully saturated rings. The number of carbonyl (C=O) groups excluding carboxylic acids is 2. The second-order valence-corrected chi connectivity index (χ2v) is 5.34. The second-order valence-electron chi connectivity index (χ2n) is 5.34. The maximum atomic E-state index is 11.8. The number of nitrogens with zero attached hydrogens (tertiary/aromatic N) is 1. The van der Waals surface area contributed by atoms with Gasteiger partial charge in [-0.1, -0.05) is 13.8 Å². The fourth-order valence-corrected chi connectivity index (χ4v) is 2.15. The Balaban J connectivity index is 2.33. The SMILES string of the molecule is CC(C)C(=O)N1CCC(C(=O)NCC(O)CO)CC1. The second kappa shape index (κ2) is 7.45. The molecular formula is C13H24N2O4. The molecule has 110 valence electrons. The molecule has 2 amide bonds. The van der Waals surface area contributed by atoms with E-state index in [9.17, 15) is 9.59 Å². The van der Waals surface area contributed by atoms with Crippen molar-refractivity contribution in [1.82, 2.24) is 10.2 Å². The predicted molar refractivity (Wildman–Crippen MR) is 70.2 cm³/mol. The average Bonchev–Trinajstić information content (AvgIpc) is 2.43. The number of carbonyl (C=O) groups is 2. The van der Waals surface area contributed by atoms with Gasteiger partial charge in [0.05, 0.1) is 12.7 Å². The Bertz CT molecular complexity index is 312. The third kappa shape index (κ3) is 4.80. The predicted octanol–water partition coefficient (Wildman–Crippen LogP) is -0.650. The molecule has 0 radical (unpaired) electrons. The highest BCUT2D eigenvalue weighted by Crippen LogP contribution is 2.18. The third-order valence-corrected chi connectivity index (χ3v) is 3.39. The number of likely N-dealkylation sites (tertiary alicyclic amines) is 1. The van der Waals surface area contributed by atoms with Gasteiger partial charge in [-0.2, -0.15) is 0 Å². The van der Waals surface area contributed by atoms with Crippen molar-refractivity contribution >= 4 is 11.8 Å². The molecule has 19 heavy (non-hydrogen) atoms. The summed E-state index contributed by atoms with van der Waals surface area (Å²) in [5.41, 5.74) is 0. The Morgan fingerprint density at radius 3 is 2.37 bits per heavy atom. The zero-order valence-electron chi connectivity index (χ0n) is 11.6. The van der Waals surface area contributed by atoms with Crippen LogP contribution in [-0.2, 0) is 9.59 Å². The minimum Gasteiger partial charge on any atom is -0.394 e. The van der Waals surface area contributed by atoms with E-state index in [1.165, 1.54) is 0 Å². The smallest absolute Gasteiger partial charge is 0.225 e. The van der Waals surface area contributed by atoms with Gasteiger partial charge in [0.25, 0.3) is 0 Å². The first-order valence-electron chi connectivity index (χ1n) is 6.81. The van der Waals surface area contributed by atoms with Crippen LogP contribution in [0.3, 0.4) is 0 Å². The van der Waals surface area contributed by atoms with Crippen LogP contribution in [0.25, 0.3) is 0 Å². The summed E-state index contributed by atoms with van der Waals surface area (Å²) in [6.45, 7) is 4.67. The molecule has 1 unspecified atom stereocenters. The molecule has 1 rings (SSSR count). The van der Waals surface area contributed by atoms with Gasteiger partial charge in [-0.3, -0.25) is 9.59 Å². The van der Waals surface area contributed by atoms with Crippen molar-refractivity contribution in [2.45, 2.75) is 32.8 Å². The Hall–Kier alpha value is -1.14. The van der Waals surface area contributed by atoms with E-state index in [0.29, 0.717) is 25.9 Å². The zero-order chi connectivity index (χ0) is 14.4. The lowest BCUT2D eigenvalue weighted by molar-refractivity contribution is -0.138. The summed E-state index contributed by atoms with van der Waals surface area (Å²) in [7, 11) is 0. The maximum Gasteiger partial charge on any atom is 0.225 e. The van der Waals surface area contributed by atoms with Crippen molar-refractivity contribution < 1.29 is 19.8 Å². The molecule has 0 aromatic carbocycles. The Morgan fingerprint density at radius 2 is 1.89 bits per heavy atom. The van der Waals surface area contributed by atoms with Crippen LogP contribution in [-0.4, -0.2) is 59.3 Å². The number of piperidine rings is 1. The van der Waals surface area contributed by atoms with Crippen LogP contribution in [0.5, 0.6) is 0 Å². The van der Waals surface area contributed by atoms with Crippen molar-refractivity contribution in [2.24, 2.45) is 11.8 Å². The Labute approximate surface area is 113 Å². The van der Waals surface area contributed by atoms with E-state index in [0.717, 1.165) is 0 Å². The van der Waals surface area contributed by atoms with Crippen molar-refractivity contribution in [3.8, 4) is 0 Å². The summed E-state index contributed by atoms with van der Waals surface area (Å²) < 4.78 is 0. The Kier molecular flexibility index (Phi) is 6.24. The van der Waals surface area contributed by atoms with Gasteiger partial charge < -0.3 is 20.4 Å². The van der Waals surface area contributed by atoms with E-state index in [4.69, 9.17) is 10.2 Å². The van der Waals surface area contributed by atoms with Gasteiger partial charge in [0.2, 0.25) is 11.8 Å². The number of rotatable bonds is 5. The van der Waals surface area contributed by atoms with Gasteiger partial charge in [-0.05, 0) is 12.8 Å². The number of aliphatic hydroxyl groups is 2. The molecule has 6 nitrogen and oxygen atoms in total. The molecular weight excluding hydrogens is 248 g/mol. The van der Waals surface area contributed by atoms with E-state index < -0.39 is 6.10 Å². The topological polar surface area (TPSA) is 89.9 Å². The highest BCUT2D eigenvalue weighted by atomic mass is 16.3. The van der Waals surface area contributed by atoms with E-state index in [-0.39, 0.29) is 36.8 Å². The van der Waals surface area contributed by atoms with Crippen LogP contribution >= 0.6 is 0 Å². The molecule has 6 heteroatoms. The molecule has 0 saturated carbocycles. The van der Waals surface area contributed by atoms with Crippen LogP contribution in [0.2, 0.25) is 0 Å². The first kappa shape index (κ1) is 15.9. The van der Waals surface area contributed by atoms with E-state index in [1.54, 1.807) is 4.90 Å². The fraction of sp³-hybridized carbons (Fsp3) is 0.846. The van der Waals surface area contributed by atoms with Crippen LogP contribution in [0.15, 0.2) is 0 Å². The summed E-state index contributed by atoms with van der Waals surface area (Å²) in [4.78, 5) is 25.4. The van der Waals surface area contributed by atoms with Crippen LogP contribution < -0.4 is 5.32 Å². The van der Waals surface area contributed by atoms with Crippen LogP contribution in [0, 0.1) is 11.8 Å². The highest BCUT2D eigenvalue weighted by molar-refractivity contribution is 5.80. The molecule has 3 N–H and O–H groups in total.